The van der Waals surface area contributed by atoms with E-state index >= 15 is 0 Å². The summed E-state index contributed by atoms with van der Waals surface area (Å²) in [7, 11) is 0. The maximum atomic E-state index is 7.12. The molecule has 2 N–H and O–H groups in total. The first-order valence-electron chi connectivity index (χ1n) is 12.4. The van der Waals surface area contributed by atoms with Crippen LogP contribution in [0.1, 0.15) is 150 Å². The van der Waals surface area contributed by atoms with Crippen molar-refractivity contribution in [2.45, 2.75) is 155 Å². The van der Waals surface area contributed by atoms with Gasteiger partial charge in [0.15, 0.2) is 0 Å². The summed E-state index contributed by atoms with van der Waals surface area (Å²) in [6, 6.07) is 0. The molecule has 1 nitrogen and oxygen atoms in total. The Morgan fingerprint density at radius 3 is 1.30 bits per heavy atom. The highest BCUT2D eigenvalue weighted by Gasteiger charge is 2.32. The molecule has 0 fully saturated rings. The normalized spacial score (nSPS) is 12.8. The number of nitrogens with two attached hydrogens (primary N) is 1. The van der Waals surface area contributed by atoms with Crippen molar-refractivity contribution in [1.29, 1.82) is 0 Å². The van der Waals surface area contributed by atoms with E-state index in [1.165, 1.54) is 122 Å². The number of unbranched alkanes of at least 4 members (excludes halogenated alkanes) is 12. The molecule has 0 saturated heterocycles. The van der Waals surface area contributed by atoms with E-state index in [4.69, 9.17) is 5.73 Å². The number of hydrogen-bond donors (Lipinski definition) is 1. The predicted octanol–water partition coefficient (Wildman–Crippen LogP) is 9.21. The zero-order valence-electron chi connectivity index (χ0n) is 19.5. The molecular formula is C25H54ClN. The smallest absolute Gasteiger partial charge is 0.0182 e. The average Bonchev–Trinajstić information content (AvgIpc) is 2.64. The zero-order valence-corrected chi connectivity index (χ0v) is 20.3. The van der Waals surface area contributed by atoms with Crippen LogP contribution < -0.4 is 5.73 Å². The molecule has 0 bridgehead atoms. The molecule has 1 atom stereocenters. The molecule has 0 aromatic carbocycles. The Kier molecular flexibility index (Phi) is 22.9. The van der Waals surface area contributed by atoms with Gasteiger partial charge in [-0.25, -0.2) is 0 Å². The highest BCUT2D eigenvalue weighted by molar-refractivity contribution is 5.85. The summed E-state index contributed by atoms with van der Waals surface area (Å²) in [5.74, 6) is 0.737. The third kappa shape index (κ3) is 15.8. The molecular weight excluding hydrogens is 350 g/mol. The third-order valence-electron chi connectivity index (χ3n) is 6.45. The lowest BCUT2D eigenvalue weighted by atomic mass is 9.73. The van der Waals surface area contributed by atoms with Gasteiger partial charge in [0.2, 0.25) is 0 Å². The molecule has 0 radical (unpaired) electrons. The zero-order chi connectivity index (χ0) is 19.5. The van der Waals surface area contributed by atoms with Crippen LogP contribution in [-0.4, -0.2) is 5.54 Å². The summed E-state index contributed by atoms with van der Waals surface area (Å²) in [6.45, 7) is 9.29. The van der Waals surface area contributed by atoms with Gasteiger partial charge in [-0.05, 0) is 25.2 Å². The molecule has 0 amide bonds. The quantitative estimate of drug-likeness (QED) is 0.201. The van der Waals surface area contributed by atoms with Gasteiger partial charge in [0.25, 0.3) is 0 Å². The van der Waals surface area contributed by atoms with E-state index in [1.807, 2.05) is 0 Å². The van der Waals surface area contributed by atoms with Gasteiger partial charge in [-0.3, -0.25) is 0 Å². The summed E-state index contributed by atoms with van der Waals surface area (Å²) in [6.07, 6.45) is 25.8. The lowest BCUT2D eigenvalue weighted by molar-refractivity contribution is 0.199. The fourth-order valence-corrected chi connectivity index (χ4v) is 4.54. The minimum Gasteiger partial charge on any atom is -0.325 e. The van der Waals surface area contributed by atoms with Crippen LogP contribution in [-0.2, 0) is 0 Å². The lowest BCUT2D eigenvalue weighted by Gasteiger charge is -2.38. The molecule has 0 heterocycles. The van der Waals surface area contributed by atoms with Gasteiger partial charge in [-0.1, -0.05) is 130 Å². The van der Waals surface area contributed by atoms with Crippen molar-refractivity contribution in [3.05, 3.63) is 0 Å². The molecule has 0 spiro atoms. The van der Waals surface area contributed by atoms with E-state index in [0.717, 1.165) is 5.92 Å². The molecule has 166 valence electrons. The van der Waals surface area contributed by atoms with Crippen LogP contribution in [0.2, 0.25) is 0 Å². The minimum atomic E-state index is 0. The highest BCUT2D eigenvalue weighted by Crippen LogP contribution is 2.34. The Balaban J connectivity index is 0. The molecule has 0 saturated carbocycles. The van der Waals surface area contributed by atoms with E-state index in [1.54, 1.807) is 0 Å². The van der Waals surface area contributed by atoms with Crippen LogP contribution in [0.5, 0.6) is 0 Å². The summed E-state index contributed by atoms with van der Waals surface area (Å²) >= 11 is 0. The first-order chi connectivity index (χ1) is 12.6. The number of halogens is 1. The Morgan fingerprint density at radius 1 is 0.556 bits per heavy atom. The first kappa shape index (κ1) is 29.5. The van der Waals surface area contributed by atoms with E-state index in [0.29, 0.717) is 0 Å². The minimum absolute atomic E-state index is 0. The summed E-state index contributed by atoms with van der Waals surface area (Å²) < 4.78 is 0. The Morgan fingerprint density at radius 2 is 0.926 bits per heavy atom. The Labute approximate surface area is 179 Å². The monoisotopic (exact) mass is 403 g/mol. The average molecular weight is 404 g/mol. The van der Waals surface area contributed by atoms with Crippen molar-refractivity contribution >= 4 is 12.4 Å². The van der Waals surface area contributed by atoms with Crippen molar-refractivity contribution in [2.24, 2.45) is 11.7 Å². The predicted molar refractivity (Wildman–Crippen MR) is 128 cm³/mol. The molecule has 0 aromatic rings. The number of hydrogen-bond acceptors (Lipinski definition) is 1. The first-order valence-corrected chi connectivity index (χ1v) is 12.4. The topological polar surface area (TPSA) is 26.0 Å². The van der Waals surface area contributed by atoms with E-state index in [2.05, 4.69) is 27.7 Å². The van der Waals surface area contributed by atoms with Crippen molar-refractivity contribution in [3.63, 3.8) is 0 Å². The van der Waals surface area contributed by atoms with Gasteiger partial charge in [-0.15, -0.1) is 12.4 Å². The van der Waals surface area contributed by atoms with Crippen LogP contribution in [0, 0.1) is 5.92 Å². The van der Waals surface area contributed by atoms with Gasteiger partial charge in [0, 0.05) is 5.54 Å². The van der Waals surface area contributed by atoms with Crippen molar-refractivity contribution < 1.29 is 0 Å². The summed E-state index contributed by atoms with van der Waals surface area (Å²) in [5, 5.41) is 0. The lowest BCUT2D eigenvalue weighted by Crippen LogP contribution is -2.47. The Hall–Kier alpha value is 0.250. The maximum absolute atomic E-state index is 7.12. The van der Waals surface area contributed by atoms with Gasteiger partial charge in [-0.2, -0.15) is 0 Å². The van der Waals surface area contributed by atoms with Crippen LogP contribution in [0.4, 0.5) is 0 Å². The summed E-state index contributed by atoms with van der Waals surface area (Å²) in [5.41, 5.74) is 7.23. The second kappa shape index (κ2) is 21.0. The molecule has 0 aliphatic heterocycles. The van der Waals surface area contributed by atoms with Crippen molar-refractivity contribution in [1.82, 2.24) is 0 Å². The molecule has 2 heteroatoms. The van der Waals surface area contributed by atoms with E-state index in [-0.39, 0.29) is 17.9 Å². The highest BCUT2D eigenvalue weighted by atomic mass is 35.5. The maximum Gasteiger partial charge on any atom is 0.0182 e. The molecule has 0 aromatic heterocycles. The largest absolute Gasteiger partial charge is 0.325 e. The van der Waals surface area contributed by atoms with Crippen LogP contribution in [0.25, 0.3) is 0 Å². The standard InChI is InChI=1S/C25H53N.ClH/c1-5-9-12-15-18-21-24(8-4)25(26,22-19-16-13-10-6-2)23-20-17-14-11-7-3;/h24H,5-23,26H2,1-4H3;1H. The molecule has 27 heavy (non-hydrogen) atoms. The number of rotatable bonds is 20. The summed E-state index contributed by atoms with van der Waals surface area (Å²) in [4.78, 5) is 0. The van der Waals surface area contributed by atoms with Crippen LogP contribution in [0.15, 0.2) is 0 Å². The van der Waals surface area contributed by atoms with Gasteiger partial charge >= 0.3 is 0 Å². The van der Waals surface area contributed by atoms with Gasteiger partial charge in [0.05, 0.1) is 0 Å². The molecule has 0 aliphatic carbocycles. The van der Waals surface area contributed by atoms with Gasteiger partial charge < -0.3 is 5.73 Å². The second-order valence-electron chi connectivity index (χ2n) is 8.87. The fraction of sp³-hybridized carbons (Fsp3) is 1.00. The fourth-order valence-electron chi connectivity index (χ4n) is 4.54. The van der Waals surface area contributed by atoms with Crippen LogP contribution >= 0.6 is 12.4 Å². The van der Waals surface area contributed by atoms with E-state index in [9.17, 15) is 0 Å². The molecule has 1 unspecified atom stereocenters. The second-order valence-corrected chi connectivity index (χ2v) is 8.87. The van der Waals surface area contributed by atoms with Crippen molar-refractivity contribution in [2.75, 3.05) is 0 Å². The van der Waals surface area contributed by atoms with Crippen LogP contribution in [0.3, 0.4) is 0 Å². The molecule has 0 rings (SSSR count). The third-order valence-corrected chi connectivity index (χ3v) is 6.45. The van der Waals surface area contributed by atoms with Crippen molar-refractivity contribution in [3.8, 4) is 0 Å². The van der Waals surface area contributed by atoms with Gasteiger partial charge in [0.1, 0.15) is 0 Å². The SMILES string of the molecule is CCCCCCCC(CC)C(N)(CCCCCCC)CCCCCCC.Cl. The Bertz CT molecular complexity index is 265. The molecule has 0 aliphatic rings. The van der Waals surface area contributed by atoms with E-state index < -0.39 is 0 Å².